The van der Waals surface area contributed by atoms with Gasteiger partial charge in [0.1, 0.15) is 11.5 Å². The van der Waals surface area contributed by atoms with Crippen LogP contribution in [0.1, 0.15) is 55.6 Å². The molecule has 1 aromatic heterocycles. The predicted octanol–water partition coefficient (Wildman–Crippen LogP) is 3.91. The van der Waals surface area contributed by atoms with Crippen LogP contribution in [-0.2, 0) is 6.54 Å². The lowest BCUT2D eigenvalue weighted by molar-refractivity contribution is 0.0746. The Kier molecular flexibility index (Phi) is 6.21. The Morgan fingerprint density at radius 1 is 1.15 bits per heavy atom. The van der Waals surface area contributed by atoms with Crippen LogP contribution < -0.4 is 4.90 Å². The topological polar surface area (TPSA) is 49.3 Å². The Labute approximate surface area is 156 Å². The lowest BCUT2D eigenvalue weighted by Crippen LogP contribution is -2.39. The van der Waals surface area contributed by atoms with Crippen LogP contribution in [0.3, 0.4) is 0 Å². The summed E-state index contributed by atoms with van der Waals surface area (Å²) in [6, 6.07) is 10.6. The fraction of sp³-hybridized carbons (Fsp3) is 0.476. The van der Waals surface area contributed by atoms with E-state index in [1.54, 1.807) is 17.3 Å². The molecule has 1 aromatic carbocycles. The van der Waals surface area contributed by atoms with E-state index in [0.29, 0.717) is 24.8 Å². The summed E-state index contributed by atoms with van der Waals surface area (Å²) in [7, 11) is 0. The molecule has 1 atom stereocenters. The van der Waals surface area contributed by atoms with Crippen molar-refractivity contribution in [2.75, 3.05) is 18.0 Å². The van der Waals surface area contributed by atoms with Crippen molar-refractivity contribution in [1.82, 2.24) is 14.9 Å². The number of carbonyl (C=O) groups is 1. The minimum absolute atomic E-state index is 0.0684. The van der Waals surface area contributed by atoms with Crippen molar-refractivity contribution >= 4 is 11.7 Å². The van der Waals surface area contributed by atoms with Gasteiger partial charge in [0.15, 0.2) is 0 Å². The summed E-state index contributed by atoms with van der Waals surface area (Å²) in [5.41, 5.74) is 1.53. The standard InChI is InChI=1S/C21H28N4O/c1-3-18-12-8-9-13-25(18)20-15-22-19(14-23-20)21(26)24(4-2)16-17-10-6-5-7-11-17/h5-7,10-11,14-15,18H,3-4,8-9,12-13,16H2,1-2H3. The Balaban J connectivity index is 1.71. The van der Waals surface area contributed by atoms with E-state index >= 15 is 0 Å². The Hall–Kier alpha value is -2.43. The summed E-state index contributed by atoms with van der Waals surface area (Å²) in [5, 5.41) is 0. The molecule has 5 nitrogen and oxygen atoms in total. The smallest absolute Gasteiger partial charge is 0.274 e. The zero-order valence-electron chi connectivity index (χ0n) is 15.8. The molecule has 1 aliphatic heterocycles. The SMILES string of the molecule is CCC1CCCCN1c1cnc(C(=O)N(CC)Cc2ccccc2)cn1. The number of benzene rings is 1. The van der Waals surface area contributed by atoms with Crippen molar-refractivity contribution in [3.05, 3.63) is 54.0 Å². The summed E-state index contributed by atoms with van der Waals surface area (Å²) in [5.74, 6) is 0.820. The highest BCUT2D eigenvalue weighted by Gasteiger charge is 2.23. The zero-order chi connectivity index (χ0) is 18.4. The first-order valence-corrected chi connectivity index (χ1v) is 9.64. The van der Waals surface area contributed by atoms with Crippen molar-refractivity contribution < 1.29 is 4.79 Å². The molecule has 0 saturated carbocycles. The lowest BCUT2D eigenvalue weighted by Gasteiger charge is -2.36. The van der Waals surface area contributed by atoms with Gasteiger partial charge in [0.2, 0.25) is 0 Å². The Morgan fingerprint density at radius 3 is 2.62 bits per heavy atom. The van der Waals surface area contributed by atoms with Crippen molar-refractivity contribution in [3.8, 4) is 0 Å². The molecule has 0 bridgehead atoms. The Bertz CT molecular complexity index is 702. The maximum absolute atomic E-state index is 12.8. The molecule has 0 spiro atoms. The van der Waals surface area contributed by atoms with Gasteiger partial charge < -0.3 is 9.80 Å². The molecule has 1 amide bonds. The first kappa shape index (κ1) is 18.4. The average Bonchev–Trinajstić information content (AvgIpc) is 2.72. The highest BCUT2D eigenvalue weighted by atomic mass is 16.2. The van der Waals surface area contributed by atoms with Crippen molar-refractivity contribution in [2.24, 2.45) is 0 Å². The van der Waals surface area contributed by atoms with E-state index in [2.05, 4.69) is 21.8 Å². The van der Waals surface area contributed by atoms with Crippen molar-refractivity contribution in [1.29, 1.82) is 0 Å². The van der Waals surface area contributed by atoms with Crippen LogP contribution in [0.15, 0.2) is 42.7 Å². The van der Waals surface area contributed by atoms with Crippen LogP contribution in [0.5, 0.6) is 0 Å². The number of carbonyl (C=O) groups excluding carboxylic acids is 1. The molecule has 2 heterocycles. The van der Waals surface area contributed by atoms with E-state index in [1.807, 2.05) is 37.3 Å². The zero-order valence-corrected chi connectivity index (χ0v) is 15.8. The number of piperidine rings is 1. The summed E-state index contributed by atoms with van der Waals surface area (Å²) in [6.45, 7) is 6.46. The van der Waals surface area contributed by atoms with Gasteiger partial charge in [0.25, 0.3) is 5.91 Å². The number of anilines is 1. The summed E-state index contributed by atoms with van der Waals surface area (Å²) in [6.07, 6.45) is 8.19. The molecule has 138 valence electrons. The second kappa shape index (κ2) is 8.79. The monoisotopic (exact) mass is 352 g/mol. The fourth-order valence-electron chi connectivity index (χ4n) is 3.60. The van der Waals surface area contributed by atoms with Crippen LogP contribution in [0.25, 0.3) is 0 Å². The van der Waals surface area contributed by atoms with Gasteiger partial charge in [0, 0.05) is 25.7 Å². The summed E-state index contributed by atoms with van der Waals surface area (Å²) >= 11 is 0. The molecule has 1 unspecified atom stereocenters. The van der Waals surface area contributed by atoms with Crippen molar-refractivity contribution in [2.45, 2.75) is 52.1 Å². The predicted molar refractivity (Wildman–Crippen MR) is 104 cm³/mol. The third-order valence-electron chi connectivity index (χ3n) is 5.14. The number of nitrogens with zero attached hydrogens (tertiary/aromatic N) is 4. The van der Waals surface area contributed by atoms with Crippen LogP contribution in [0, 0.1) is 0 Å². The van der Waals surface area contributed by atoms with Gasteiger partial charge in [-0.15, -0.1) is 0 Å². The molecule has 0 radical (unpaired) electrons. The van der Waals surface area contributed by atoms with Crippen LogP contribution in [-0.4, -0.2) is 39.9 Å². The van der Waals surface area contributed by atoms with E-state index in [1.165, 1.54) is 19.3 Å². The van der Waals surface area contributed by atoms with Crippen molar-refractivity contribution in [3.63, 3.8) is 0 Å². The minimum atomic E-state index is -0.0684. The molecule has 26 heavy (non-hydrogen) atoms. The highest BCUT2D eigenvalue weighted by Crippen LogP contribution is 2.24. The van der Waals surface area contributed by atoms with Crippen LogP contribution in [0.2, 0.25) is 0 Å². The third-order valence-corrected chi connectivity index (χ3v) is 5.14. The quantitative estimate of drug-likeness (QED) is 0.791. The molecular weight excluding hydrogens is 324 g/mol. The molecule has 5 heteroatoms. The molecule has 1 saturated heterocycles. The normalized spacial score (nSPS) is 17.2. The maximum atomic E-state index is 12.8. The highest BCUT2D eigenvalue weighted by molar-refractivity contribution is 5.92. The maximum Gasteiger partial charge on any atom is 0.274 e. The lowest BCUT2D eigenvalue weighted by atomic mass is 10.0. The van der Waals surface area contributed by atoms with Crippen LogP contribution in [0.4, 0.5) is 5.82 Å². The van der Waals surface area contributed by atoms with Gasteiger partial charge in [-0.05, 0) is 38.2 Å². The van der Waals surface area contributed by atoms with E-state index in [0.717, 1.165) is 24.3 Å². The second-order valence-corrected chi connectivity index (χ2v) is 6.82. The third kappa shape index (κ3) is 4.21. The molecule has 0 N–H and O–H groups in total. The van der Waals surface area contributed by atoms with Gasteiger partial charge >= 0.3 is 0 Å². The molecular formula is C21H28N4O. The molecule has 0 aliphatic carbocycles. The first-order valence-electron chi connectivity index (χ1n) is 9.64. The van der Waals surface area contributed by atoms with E-state index in [4.69, 9.17) is 0 Å². The summed E-state index contributed by atoms with van der Waals surface area (Å²) in [4.78, 5) is 25.9. The number of hydrogen-bond donors (Lipinski definition) is 0. The molecule has 3 rings (SSSR count). The van der Waals surface area contributed by atoms with E-state index in [9.17, 15) is 4.79 Å². The van der Waals surface area contributed by atoms with Gasteiger partial charge in [-0.3, -0.25) is 4.79 Å². The second-order valence-electron chi connectivity index (χ2n) is 6.82. The Morgan fingerprint density at radius 2 is 1.96 bits per heavy atom. The van der Waals surface area contributed by atoms with E-state index < -0.39 is 0 Å². The number of rotatable bonds is 6. The fourth-order valence-corrected chi connectivity index (χ4v) is 3.60. The van der Waals surface area contributed by atoms with Gasteiger partial charge in [0.05, 0.1) is 12.4 Å². The molecule has 1 fully saturated rings. The van der Waals surface area contributed by atoms with Crippen LogP contribution >= 0.6 is 0 Å². The van der Waals surface area contributed by atoms with Gasteiger partial charge in [-0.2, -0.15) is 0 Å². The molecule has 1 aliphatic rings. The average molecular weight is 352 g/mol. The summed E-state index contributed by atoms with van der Waals surface area (Å²) < 4.78 is 0. The van der Waals surface area contributed by atoms with E-state index in [-0.39, 0.29) is 5.91 Å². The number of aromatic nitrogens is 2. The van der Waals surface area contributed by atoms with Gasteiger partial charge in [-0.1, -0.05) is 37.3 Å². The van der Waals surface area contributed by atoms with Gasteiger partial charge in [-0.25, -0.2) is 9.97 Å². The first-order chi connectivity index (χ1) is 12.7. The molecule has 2 aromatic rings. The number of hydrogen-bond acceptors (Lipinski definition) is 4. The number of amides is 1. The largest absolute Gasteiger partial charge is 0.352 e. The minimum Gasteiger partial charge on any atom is -0.352 e.